The lowest BCUT2D eigenvalue weighted by molar-refractivity contribution is -0.152. The summed E-state index contributed by atoms with van der Waals surface area (Å²) in [5, 5.41) is 4.93. The Bertz CT molecular complexity index is 1040. The van der Waals surface area contributed by atoms with Gasteiger partial charge in [0.1, 0.15) is 5.00 Å². The van der Waals surface area contributed by atoms with E-state index in [-0.39, 0.29) is 34.2 Å². The predicted molar refractivity (Wildman–Crippen MR) is 116 cm³/mol. The van der Waals surface area contributed by atoms with Crippen molar-refractivity contribution < 1.29 is 38.2 Å². The third-order valence-electron chi connectivity index (χ3n) is 4.08. The molecule has 0 aliphatic heterocycles. The molecule has 2 N–H and O–H groups in total. The van der Waals surface area contributed by atoms with E-state index in [0.717, 1.165) is 18.4 Å². The van der Waals surface area contributed by atoms with Crippen LogP contribution in [0.2, 0.25) is 0 Å². The molecule has 0 fully saturated rings. The van der Waals surface area contributed by atoms with Gasteiger partial charge in [-0.1, -0.05) is 0 Å². The standard InChI is InChI=1S/C21H22N2O8S/c1-5-30-19(26)12-7-9-13(10-8-12)22-16(24)15-11(3)14(20(27)29-4)18(32-15)23-17(25)21(28)31-6-2/h7-10H,5-6H2,1-4H3,(H,22,24)(H,23,25). The summed E-state index contributed by atoms with van der Waals surface area (Å²) in [4.78, 5) is 60.5. The van der Waals surface area contributed by atoms with Crippen molar-refractivity contribution in [3.05, 3.63) is 45.8 Å². The Balaban J connectivity index is 2.28. The molecule has 2 rings (SSSR count). The fraction of sp³-hybridized carbons (Fsp3) is 0.286. The first-order chi connectivity index (χ1) is 15.2. The van der Waals surface area contributed by atoms with Gasteiger partial charge in [0.2, 0.25) is 0 Å². The van der Waals surface area contributed by atoms with Crippen LogP contribution in [-0.2, 0) is 23.8 Å². The van der Waals surface area contributed by atoms with Gasteiger partial charge in [0, 0.05) is 5.69 Å². The van der Waals surface area contributed by atoms with Crippen molar-refractivity contribution in [3.8, 4) is 0 Å². The van der Waals surface area contributed by atoms with Crippen LogP contribution in [0.4, 0.5) is 10.7 Å². The zero-order valence-corrected chi connectivity index (χ0v) is 18.7. The molecular formula is C21H22N2O8S. The zero-order valence-electron chi connectivity index (χ0n) is 17.9. The van der Waals surface area contributed by atoms with Crippen molar-refractivity contribution in [2.45, 2.75) is 20.8 Å². The number of benzene rings is 1. The van der Waals surface area contributed by atoms with Crippen molar-refractivity contribution in [3.63, 3.8) is 0 Å². The average molecular weight is 462 g/mol. The highest BCUT2D eigenvalue weighted by Gasteiger charge is 2.28. The third kappa shape index (κ3) is 5.70. The van der Waals surface area contributed by atoms with E-state index in [1.54, 1.807) is 13.8 Å². The molecule has 2 aromatic rings. The van der Waals surface area contributed by atoms with Crippen molar-refractivity contribution in [2.75, 3.05) is 31.0 Å². The zero-order chi connectivity index (χ0) is 23.8. The highest BCUT2D eigenvalue weighted by atomic mass is 32.1. The van der Waals surface area contributed by atoms with Crippen LogP contribution in [0.25, 0.3) is 0 Å². The molecule has 1 aromatic heterocycles. The summed E-state index contributed by atoms with van der Waals surface area (Å²) in [5.74, 6) is -4.03. The number of rotatable bonds is 7. The molecule has 0 unspecified atom stereocenters. The van der Waals surface area contributed by atoms with Crippen molar-refractivity contribution in [1.82, 2.24) is 0 Å². The molecule has 1 heterocycles. The van der Waals surface area contributed by atoms with E-state index >= 15 is 0 Å². The minimum absolute atomic E-state index is 0.00218. The number of ether oxygens (including phenoxy) is 3. The second kappa shape index (κ2) is 11.0. The highest BCUT2D eigenvalue weighted by Crippen LogP contribution is 2.34. The first-order valence-corrected chi connectivity index (χ1v) is 10.3. The predicted octanol–water partition coefficient (Wildman–Crippen LogP) is 2.77. The maximum absolute atomic E-state index is 12.8. The minimum atomic E-state index is -1.12. The van der Waals surface area contributed by atoms with E-state index in [4.69, 9.17) is 9.47 Å². The Morgan fingerprint density at radius 2 is 1.53 bits per heavy atom. The van der Waals surface area contributed by atoms with Crippen LogP contribution >= 0.6 is 11.3 Å². The van der Waals surface area contributed by atoms with Gasteiger partial charge < -0.3 is 24.8 Å². The molecule has 1 aromatic carbocycles. The van der Waals surface area contributed by atoms with Gasteiger partial charge in [0.05, 0.1) is 36.3 Å². The maximum Gasteiger partial charge on any atom is 0.397 e. The fourth-order valence-corrected chi connectivity index (χ4v) is 3.69. The Morgan fingerprint density at radius 1 is 0.906 bits per heavy atom. The highest BCUT2D eigenvalue weighted by molar-refractivity contribution is 7.19. The minimum Gasteiger partial charge on any atom is -0.465 e. The number of nitrogens with one attached hydrogen (secondary N) is 2. The summed E-state index contributed by atoms with van der Waals surface area (Å²) in [7, 11) is 1.15. The molecule has 32 heavy (non-hydrogen) atoms. The van der Waals surface area contributed by atoms with Crippen LogP contribution in [0.3, 0.4) is 0 Å². The van der Waals surface area contributed by atoms with Crippen LogP contribution < -0.4 is 10.6 Å². The Labute approximate surface area is 187 Å². The molecule has 0 saturated carbocycles. The molecule has 0 radical (unpaired) electrons. The summed E-state index contributed by atoms with van der Waals surface area (Å²) in [6, 6.07) is 6.05. The van der Waals surface area contributed by atoms with Gasteiger partial charge in [0.15, 0.2) is 0 Å². The van der Waals surface area contributed by atoms with Gasteiger partial charge in [-0.15, -0.1) is 11.3 Å². The Hall–Kier alpha value is -3.73. The van der Waals surface area contributed by atoms with Gasteiger partial charge in [-0.05, 0) is 50.6 Å². The third-order valence-corrected chi connectivity index (χ3v) is 5.29. The smallest absolute Gasteiger partial charge is 0.397 e. The van der Waals surface area contributed by atoms with E-state index in [9.17, 15) is 24.0 Å². The fourth-order valence-electron chi connectivity index (χ4n) is 2.61. The van der Waals surface area contributed by atoms with Crippen LogP contribution in [-0.4, -0.2) is 50.0 Å². The molecule has 170 valence electrons. The second-order valence-corrected chi connectivity index (χ2v) is 7.20. The second-order valence-electron chi connectivity index (χ2n) is 6.18. The van der Waals surface area contributed by atoms with E-state index in [0.29, 0.717) is 11.3 Å². The normalized spacial score (nSPS) is 10.1. The Kier molecular flexibility index (Phi) is 8.47. The van der Waals surface area contributed by atoms with Crippen LogP contribution in [0.15, 0.2) is 24.3 Å². The number of esters is 3. The van der Waals surface area contributed by atoms with Crippen molar-refractivity contribution in [1.29, 1.82) is 0 Å². The molecule has 0 saturated heterocycles. The number of carbonyl (C=O) groups excluding carboxylic acids is 5. The first-order valence-electron chi connectivity index (χ1n) is 9.51. The molecule has 0 atom stereocenters. The van der Waals surface area contributed by atoms with Gasteiger partial charge >= 0.3 is 23.8 Å². The lowest BCUT2D eigenvalue weighted by Gasteiger charge is -2.06. The largest absolute Gasteiger partial charge is 0.465 e. The quantitative estimate of drug-likeness (QED) is 0.364. The van der Waals surface area contributed by atoms with Gasteiger partial charge in [-0.2, -0.15) is 0 Å². The monoisotopic (exact) mass is 462 g/mol. The molecule has 11 heteroatoms. The number of carbonyl (C=O) groups is 5. The summed E-state index contributed by atoms with van der Waals surface area (Å²) in [5.41, 5.74) is 0.946. The van der Waals surface area contributed by atoms with Gasteiger partial charge in [-0.25, -0.2) is 14.4 Å². The Morgan fingerprint density at radius 3 is 2.09 bits per heavy atom. The number of amides is 2. The van der Waals surface area contributed by atoms with Gasteiger partial charge in [0.25, 0.3) is 5.91 Å². The summed E-state index contributed by atoms with van der Waals surface area (Å²) >= 11 is 0.809. The van der Waals surface area contributed by atoms with Crippen molar-refractivity contribution >= 4 is 51.7 Å². The van der Waals surface area contributed by atoms with Gasteiger partial charge in [-0.3, -0.25) is 9.59 Å². The lowest BCUT2D eigenvalue weighted by Crippen LogP contribution is -2.25. The molecule has 2 amide bonds. The molecular weight excluding hydrogens is 440 g/mol. The van der Waals surface area contributed by atoms with Crippen LogP contribution in [0.1, 0.15) is 49.8 Å². The molecule has 0 aliphatic carbocycles. The van der Waals surface area contributed by atoms with Crippen LogP contribution in [0.5, 0.6) is 0 Å². The summed E-state index contributed by atoms with van der Waals surface area (Å²) in [6.45, 7) is 5.00. The molecule has 0 spiro atoms. The number of hydrogen-bond acceptors (Lipinski definition) is 9. The summed E-state index contributed by atoms with van der Waals surface area (Å²) < 4.78 is 14.3. The van der Waals surface area contributed by atoms with Crippen molar-refractivity contribution in [2.24, 2.45) is 0 Å². The number of thiophene rings is 1. The number of methoxy groups -OCH3 is 1. The lowest BCUT2D eigenvalue weighted by atomic mass is 10.1. The maximum atomic E-state index is 12.8. The molecule has 0 bridgehead atoms. The topological polar surface area (TPSA) is 137 Å². The summed E-state index contributed by atoms with van der Waals surface area (Å²) in [6.07, 6.45) is 0. The average Bonchev–Trinajstić information content (AvgIpc) is 3.09. The SMILES string of the molecule is CCOC(=O)C(=O)Nc1sc(C(=O)Nc2ccc(C(=O)OCC)cc2)c(C)c1C(=O)OC. The van der Waals surface area contributed by atoms with E-state index < -0.39 is 29.7 Å². The molecule has 0 aliphatic rings. The van der Waals surface area contributed by atoms with E-state index in [2.05, 4.69) is 15.4 Å². The molecule has 10 nitrogen and oxygen atoms in total. The number of hydrogen-bond donors (Lipinski definition) is 2. The first kappa shape index (κ1) is 24.5. The number of anilines is 2. The van der Waals surface area contributed by atoms with E-state index in [1.165, 1.54) is 31.2 Å². The van der Waals surface area contributed by atoms with Crippen LogP contribution in [0, 0.1) is 6.92 Å². The van der Waals surface area contributed by atoms with E-state index in [1.807, 2.05) is 0 Å².